The maximum Gasteiger partial charge on any atom is 0.227 e. The van der Waals surface area contributed by atoms with Gasteiger partial charge in [0.25, 0.3) is 0 Å². The minimum atomic E-state index is 0.0414. The van der Waals surface area contributed by atoms with E-state index in [1.165, 1.54) is 0 Å². The van der Waals surface area contributed by atoms with E-state index in [1.807, 2.05) is 91.6 Å². The fraction of sp³-hybridized carbons (Fsp3) is 0.290. The normalized spacial score (nSPS) is 15.7. The summed E-state index contributed by atoms with van der Waals surface area (Å²) in [6, 6.07) is 22.2. The zero-order chi connectivity index (χ0) is 25.8. The number of para-hydroxylation sites is 3. The van der Waals surface area contributed by atoms with Gasteiger partial charge in [-0.2, -0.15) is 0 Å². The number of anilines is 1. The Hall–Kier alpha value is -4.06. The molecule has 1 aliphatic heterocycles. The van der Waals surface area contributed by atoms with Crippen molar-refractivity contribution in [1.82, 2.24) is 9.55 Å². The zero-order valence-electron chi connectivity index (χ0n) is 21.7. The van der Waals surface area contributed by atoms with Crippen LogP contribution < -0.4 is 14.4 Å². The first kappa shape index (κ1) is 24.6. The summed E-state index contributed by atoms with van der Waals surface area (Å²) >= 11 is 0. The molecule has 3 aromatic carbocycles. The molecule has 1 unspecified atom stereocenters. The van der Waals surface area contributed by atoms with Crippen molar-refractivity contribution in [2.45, 2.75) is 39.2 Å². The van der Waals surface area contributed by atoms with E-state index < -0.39 is 0 Å². The van der Waals surface area contributed by atoms with E-state index in [0.29, 0.717) is 19.6 Å². The number of fused-ring (bicyclic) bond motifs is 1. The topological polar surface area (TPSA) is 56.6 Å². The fourth-order valence-corrected chi connectivity index (χ4v) is 5.12. The molecule has 2 heterocycles. The Morgan fingerprint density at radius 1 is 1.05 bits per heavy atom. The molecule has 0 radical (unpaired) electrons. The van der Waals surface area contributed by atoms with Gasteiger partial charge in [-0.3, -0.25) is 4.79 Å². The number of nitrogens with zero attached hydrogens (tertiary/aromatic N) is 3. The number of methoxy groups -OCH3 is 1. The lowest BCUT2D eigenvalue weighted by Crippen LogP contribution is -2.25. The van der Waals surface area contributed by atoms with Crippen LogP contribution in [0.25, 0.3) is 17.1 Å². The molecule has 1 amide bonds. The van der Waals surface area contributed by atoms with Gasteiger partial charge < -0.3 is 18.9 Å². The second kappa shape index (κ2) is 10.9. The van der Waals surface area contributed by atoms with E-state index in [4.69, 9.17) is 14.5 Å². The third-order valence-electron chi connectivity index (χ3n) is 6.91. The van der Waals surface area contributed by atoms with Gasteiger partial charge in [0.15, 0.2) is 11.5 Å². The molecule has 6 heteroatoms. The fourth-order valence-electron chi connectivity index (χ4n) is 5.12. The molecule has 0 aliphatic carbocycles. The van der Waals surface area contributed by atoms with E-state index in [9.17, 15) is 4.79 Å². The Balaban J connectivity index is 1.33. The van der Waals surface area contributed by atoms with Crippen molar-refractivity contribution in [1.29, 1.82) is 0 Å². The van der Waals surface area contributed by atoms with Crippen LogP contribution in [0, 0.1) is 6.92 Å². The maximum absolute atomic E-state index is 13.0. The highest BCUT2D eigenvalue weighted by Gasteiger charge is 2.35. The Labute approximate surface area is 218 Å². The van der Waals surface area contributed by atoms with Crippen LogP contribution in [0.15, 0.2) is 72.8 Å². The quantitative estimate of drug-likeness (QED) is 0.253. The molecule has 1 aromatic heterocycles. The van der Waals surface area contributed by atoms with Gasteiger partial charge in [-0.1, -0.05) is 48.6 Å². The van der Waals surface area contributed by atoms with Gasteiger partial charge in [-0.05, 0) is 61.7 Å². The van der Waals surface area contributed by atoms with Crippen molar-refractivity contribution in [3.05, 3.63) is 89.8 Å². The highest BCUT2D eigenvalue weighted by molar-refractivity contribution is 5.97. The Morgan fingerprint density at radius 2 is 1.86 bits per heavy atom. The summed E-state index contributed by atoms with van der Waals surface area (Å²) in [6.07, 6.45) is 5.30. The van der Waals surface area contributed by atoms with Crippen LogP contribution in [-0.4, -0.2) is 35.7 Å². The van der Waals surface area contributed by atoms with Crippen molar-refractivity contribution in [3.63, 3.8) is 0 Å². The lowest BCUT2D eigenvalue weighted by molar-refractivity contribution is -0.117. The number of carbonyl (C=O) groups excluding carboxylic acids is 1. The van der Waals surface area contributed by atoms with Crippen molar-refractivity contribution in [2.75, 3.05) is 25.2 Å². The van der Waals surface area contributed by atoms with Gasteiger partial charge in [0, 0.05) is 31.1 Å². The number of aryl methyl sites for hydroxylation is 2. The first-order chi connectivity index (χ1) is 18.1. The molecule has 0 saturated carbocycles. The summed E-state index contributed by atoms with van der Waals surface area (Å²) in [7, 11) is 1.66. The molecule has 190 valence electrons. The smallest absolute Gasteiger partial charge is 0.227 e. The molecule has 1 fully saturated rings. The predicted octanol–water partition coefficient (Wildman–Crippen LogP) is 6.38. The number of ether oxygens (including phenoxy) is 2. The average Bonchev–Trinajstić information content (AvgIpc) is 3.48. The highest BCUT2D eigenvalue weighted by Crippen LogP contribution is 2.34. The Morgan fingerprint density at radius 3 is 2.68 bits per heavy atom. The first-order valence-electron chi connectivity index (χ1n) is 12.8. The number of hydrogen-bond donors (Lipinski definition) is 0. The van der Waals surface area contributed by atoms with Crippen molar-refractivity contribution in [2.24, 2.45) is 0 Å². The molecular weight excluding hydrogens is 462 g/mol. The first-order valence-corrected chi connectivity index (χ1v) is 12.8. The van der Waals surface area contributed by atoms with Crippen LogP contribution in [0.2, 0.25) is 0 Å². The van der Waals surface area contributed by atoms with Gasteiger partial charge in [0.05, 0.1) is 24.8 Å². The van der Waals surface area contributed by atoms with E-state index >= 15 is 0 Å². The van der Waals surface area contributed by atoms with Gasteiger partial charge in [0.1, 0.15) is 5.82 Å². The average molecular weight is 496 g/mol. The van der Waals surface area contributed by atoms with Crippen LogP contribution in [-0.2, 0) is 11.3 Å². The maximum atomic E-state index is 13.0. The largest absolute Gasteiger partial charge is 0.493 e. The number of amides is 1. The van der Waals surface area contributed by atoms with Crippen molar-refractivity contribution in [3.8, 4) is 11.5 Å². The number of hydrogen-bond acceptors (Lipinski definition) is 4. The van der Waals surface area contributed by atoms with E-state index in [0.717, 1.165) is 58.1 Å². The van der Waals surface area contributed by atoms with Crippen LogP contribution in [0.4, 0.5) is 5.69 Å². The molecule has 0 spiro atoms. The van der Waals surface area contributed by atoms with Crippen LogP contribution in [0.5, 0.6) is 11.5 Å². The monoisotopic (exact) mass is 495 g/mol. The van der Waals surface area contributed by atoms with E-state index in [2.05, 4.69) is 10.6 Å². The van der Waals surface area contributed by atoms with Gasteiger partial charge >= 0.3 is 0 Å². The molecule has 6 nitrogen and oxygen atoms in total. The third kappa shape index (κ3) is 5.10. The number of benzene rings is 3. The lowest BCUT2D eigenvalue weighted by atomic mass is 10.1. The molecule has 0 bridgehead atoms. The van der Waals surface area contributed by atoms with Crippen molar-refractivity contribution >= 4 is 28.7 Å². The SMILES string of the molecule is C/C=C/c1ccc(OCCCn2c(C3CC(=O)N(c4ccccc4C)C3)nc3ccccc32)c(OC)c1. The minimum Gasteiger partial charge on any atom is -0.493 e. The van der Waals surface area contributed by atoms with E-state index in [1.54, 1.807) is 7.11 Å². The zero-order valence-corrected chi connectivity index (χ0v) is 21.7. The summed E-state index contributed by atoms with van der Waals surface area (Å²) in [4.78, 5) is 19.9. The highest BCUT2D eigenvalue weighted by atomic mass is 16.5. The number of allylic oxidation sites excluding steroid dienone is 1. The molecule has 4 aromatic rings. The standard InChI is InChI=1S/C31H33N3O3/c1-4-10-23-15-16-28(29(19-23)36-3)37-18-9-17-33-27-14-8-6-12-25(27)32-31(33)24-20-30(35)34(21-24)26-13-7-5-11-22(26)2/h4-8,10-16,19,24H,9,17-18,20-21H2,1-3H3/b10-4+. The van der Waals surface area contributed by atoms with Crippen LogP contribution in [0.1, 0.15) is 42.6 Å². The summed E-state index contributed by atoms with van der Waals surface area (Å²) < 4.78 is 13.9. The molecule has 5 rings (SSSR count). The summed E-state index contributed by atoms with van der Waals surface area (Å²) in [5.74, 6) is 2.63. The lowest BCUT2D eigenvalue weighted by Gasteiger charge is -2.19. The van der Waals surface area contributed by atoms with Crippen molar-refractivity contribution < 1.29 is 14.3 Å². The molecule has 1 aliphatic rings. The Kier molecular flexibility index (Phi) is 7.26. The van der Waals surface area contributed by atoms with E-state index in [-0.39, 0.29) is 11.8 Å². The molecule has 1 atom stereocenters. The number of carbonyl (C=O) groups is 1. The number of imidazole rings is 1. The number of aromatic nitrogens is 2. The van der Waals surface area contributed by atoms with Gasteiger partial charge in [-0.15, -0.1) is 0 Å². The van der Waals surface area contributed by atoms with Gasteiger partial charge in [-0.25, -0.2) is 4.98 Å². The Bertz CT molecular complexity index is 1440. The number of rotatable bonds is 9. The molecule has 1 saturated heterocycles. The molecule has 37 heavy (non-hydrogen) atoms. The summed E-state index contributed by atoms with van der Waals surface area (Å²) in [6.45, 7) is 5.98. The van der Waals surface area contributed by atoms with Gasteiger partial charge in [0.2, 0.25) is 5.91 Å². The summed E-state index contributed by atoms with van der Waals surface area (Å²) in [5, 5.41) is 0. The molecule has 0 N–H and O–H groups in total. The second-order valence-electron chi connectivity index (χ2n) is 9.41. The minimum absolute atomic E-state index is 0.0414. The van der Waals surface area contributed by atoms with Crippen LogP contribution in [0.3, 0.4) is 0 Å². The summed E-state index contributed by atoms with van der Waals surface area (Å²) in [5.41, 5.74) is 5.22. The molecular formula is C31H33N3O3. The third-order valence-corrected chi connectivity index (χ3v) is 6.91. The second-order valence-corrected chi connectivity index (χ2v) is 9.41. The van der Waals surface area contributed by atoms with Crippen LogP contribution >= 0.6 is 0 Å². The predicted molar refractivity (Wildman–Crippen MR) is 148 cm³/mol.